The number of carbonyl (C=O) groups is 1. The molecule has 0 saturated carbocycles. The number of ether oxygens (including phenoxy) is 2. The van der Waals surface area contributed by atoms with Crippen molar-refractivity contribution in [2.75, 3.05) is 12.0 Å². The molecule has 4 nitrogen and oxygen atoms in total. The molecule has 162 valence electrons. The van der Waals surface area contributed by atoms with Gasteiger partial charge in [0.15, 0.2) is 15.8 Å². The van der Waals surface area contributed by atoms with E-state index in [-0.39, 0.29) is 5.91 Å². The van der Waals surface area contributed by atoms with E-state index in [0.29, 0.717) is 38.0 Å². The normalized spacial score (nSPS) is 14.8. The summed E-state index contributed by atoms with van der Waals surface area (Å²) in [5, 5.41) is 0.547. The molecule has 0 bridgehead atoms. The molecule has 0 radical (unpaired) electrons. The summed E-state index contributed by atoms with van der Waals surface area (Å²) in [5.74, 6) is 1.09. The lowest BCUT2D eigenvalue weighted by atomic mass is 10.1. The Bertz CT molecular complexity index is 1220. The maximum atomic E-state index is 13.0. The fourth-order valence-corrected chi connectivity index (χ4v) is 5.41. The smallest absolute Gasteiger partial charge is 0.270 e. The van der Waals surface area contributed by atoms with Crippen molar-refractivity contribution in [1.29, 1.82) is 0 Å². The van der Waals surface area contributed by atoms with Crippen LogP contribution in [-0.4, -0.2) is 17.3 Å². The lowest BCUT2D eigenvalue weighted by molar-refractivity contribution is -0.113. The lowest BCUT2D eigenvalue weighted by Gasteiger charge is -2.15. The molecule has 1 aliphatic rings. The van der Waals surface area contributed by atoms with Gasteiger partial charge >= 0.3 is 0 Å². The van der Waals surface area contributed by atoms with E-state index in [4.69, 9.17) is 33.3 Å². The van der Waals surface area contributed by atoms with Gasteiger partial charge in [-0.3, -0.25) is 9.69 Å². The monoisotopic (exact) mass is 593 g/mol. The Kier molecular flexibility index (Phi) is 7.40. The Hall–Kier alpha value is -2.07. The van der Waals surface area contributed by atoms with Crippen molar-refractivity contribution in [1.82, 2.24) is 0 Å². The van der Waals surface area contributed by atoms with Crippen molar-refractivity contribution in [3.63, 3.8) is 0 Å². The molecule has 0 spiro atoms. The third kappa shape index (κ3) is 5.11. The summed E-state index contributed by atoms with van der Waals surface area (Å²) in [6, 6.07) is 20.8. The average molecular weight is 594 g/mol. The predicted molar refractivity (Wildman–Crippen MR) is 144 cm³/mol. The number of halogens is 2. The molecular formula is C24H17ClINO3S2. The van der Waals surface area contributed by atoms with Gasteiger partial charge in [0.2, 0.25) is 0 Å². The average Bonchev–Trinajstić information content (AvgIpc) is 3.06. The highest BCUT2D eigenvalue weighted by atomic mass is 127. The van der Waals surface area contributed by atoms with Crippen molar-refractivity contribution in [2.24, 2.45) is 0 Å². The largest absolute Gasteiger partial charge is 0.493 e. The van der Waals surface area contributed by atoms with Crippen LogP contribution in [0.2, 0.25) is 5.02 Å². The van der Waals surface area contributed by atoms with Crippen LogP contribution in [0.3, 0.4) is 0 Å². The van der Waals surface area contributed by atoms with E-state index >= 15 is 0 Å². The number of nitrogens with zero attached hydrogens (tertiary/aromatic N) is 1. The van der Waals surface area contributed by atoms with Crippen LogP contribution in [0.5, 0.6) is 11.5 Å². The fraction of sp³-hybridized carbons (Fsp3) is 0.0833. The number of anilines is 1. The van der Waals surface area contributed by atoms with Crippen molar-refractivity contribution in [3.05, 3.63) is 91.4 Å². The number of carbonyl (C=O) groups excluding carboxylic acids is 1. The third-order valence-corrected chi connectivity index (χ3v) is 6.97. The number of thioether (sulfide) groups is 1. The van der Waals surface area contributed by atoms with E-state index in [1.165, 1.54) is 16.7 Å². The van der Waals surface area contributed by atoms with Gasteiger partial charge in [0, 0.05) is 5.02 Å². The first-order valence-corrected chi connectivity index (χ1v) is 12.2. The highest BCUT2D eigenvalue weighted by Gasteiger charge is 2.33. The summed E-state index contributed by atoms with van der Waals surface area (Å²) in [6.07, 6.45) is 1.81. The molecule has 1 amide bonds. The zero-order valence-corrected chi connectivity index (χ0v) is 21.4. The van der Waals surface area contributed by atoms with E-state index < -0.39 is 0 Å². The Labute approximate surface area is 214 Å². The molecule has 1 saturated heterocycles. The summed E-state index contributed by atoms with van der Waals surface area (Å²) in [6.45, 7) is 0.435. The topological polar surface area (TPSA) is 38.8 Å². The zero-order valence-electron chi connectivity index (χ0n) is 16.9. The van der Waals surface area contributed by atoms with Crippen molar-refractivity contribution in [3.8, 4) is 11.5 Å². The molecule has 0 atom stereocenters. The maximum Gasteiger partial charge on any atom is 0.270 e. The van der Waals surface area contributed by atoms with Gasteiger partial charge in [-0.05, 0) is 70.1 Å². The standard InChI is InChI=1S/C24H17ClINO3S2/c1-29-20-11-16(10-19(26)22(20)30-14-15-6-3-2-4-7-15)12-21-23(28)27(24(31)32-21)18-9-5-8-17(25)13-18/h2-13H,14H2,1H3/b21-12-. The zero-order chi connectivity index (χ0) is 22.7. The highest BCUT2D eigenvalue weighted by molar-refractivity contribution is 14.1. The van der Waals surface area contributed by atoms with Crippen molar-refractivity contribution >= 4 is 80.2 Å². The molecule has 1 aliphatic heterocycles. The van der Waals surface area contributed by atoms with Gasteiger partial charge in [-0.25, -0.2) is 0 Å². The molecule has 1 heterocycles. The van der Waals surface area contributed by atoms with E-state index in [1.807, 2.05) is 54.6 Å². The molecule has 0 unspecified atom stereocenters. The Morgan fingerprint density at radius 2 is 1.91 bits per heavy atom. The summed E-state index contributed by atoms with van der Waals surface area (Å²) >= 11 is 15.0. The summed E-state index contributed by atoms with van der Waals surface area (Å²) in [7, 11) is 1.60. The molecule has 0 N–H and O–H groups in total. The number of methoxy groups -OCH3 is 1. The molecule has 3 aromatic rings. The Morgan fingerprint density at radius 3 is 2.62 bits per heavy atom. The molecule has 0 aliphatic carbocycles. The van der Waals surface area contributed by atoms with E-state index in [0.717, 1.165) is 14.7 Å². The SMILES string of the molecule is COc1cc(/C=C2\SC(=S)N(c3cccc(Cl)c3)C2=O)cc(I)c1OCc1ccccc1. The maximum absolute atomic E-state index is 13.0. The van der Waals surface area contributed by atoms with Crippen LogP contribution in [0.25, 0.3) is 6.08 Å². The van der Waals surface area contributed by atoms with Crippen molar-refractivity contribution in [2.45, 2.75) is 6.61 Å². The van der Waals surface area contributed by atoms with Gasteiger partial charge < -0.3 is 9.47 Å². The van der Waals surface area contributed by atoms with Crippen LogP contribution in [0, 0.1) is 3.57 Å². The Morgan fingerprint density at radius 1 is 1.12 bits per heavy atom. The summed E-state index contributed by atoms with van der Waals surface area (Å²) in [5.41, 5.74) is 2.55. The number of rotatable bonds is 6. The highest BCUT2D eigenvalue weighted by Crippen LogP contribution is 2.39. The first kappa shape index (κ1) is 23.1. The van der Waals surface area contributed by atoms with Gasteiger partial charge in [-0.15, -0.1) is 0 Å². The first-order chi connectivity index (χ1) is 15.5. The lowest BCUT2D eigenvalue weighted by Crippen LogP contribution is -2.27. The van der Waals surface area contributed by atoms with Gasteiger partial charge in [-0.2, -0.15) is 0 Å². The molecular weight excluding hydrogens is 577 g/mol. The van der Waals surface area contributed by atoms with Gasteiger partial charge in [0.1, 0.15) is 6.61 Å². The van der Waals surface area contributed by atoms with Crippen LogP contribution in [0.1, 0.15) is 11.1 Å². The van der Waals surface area contributed by atoms with E-state index in [2.05, 4.69) is 22.6 Å². The number of hydrogen-bond acceptors (Lipinski definition) is 5. The number of amides is 1. The summed E-state index contributed by atoms with van der Waals surface area (Å²) in [4.78, 5) is 15.1. The second-order valence-corrected chi connectivity index (χ2v) is 10.1. The van der Waals surface area contributed by atoms with Crippen LogP contribution in [0.4, 0.5) is 5.69 Å². The van der Waals surface area contributed by atoms with Crippen LogP contribution in [0.15, 0.2) is 71.6 Å². The Balaban J connectivity index is 1.59. The molecule has 32 heavy (non-hydrogen) atoms. The van der Waals surface area contributed by atoms with Crippen molar-refractivity contribution < 1.29 is 14.3 Å². The second kappa shape index (κ2) is 10.2. The number of thiocarbonyl (C=S) groups is 1. The minimum atomic E-state index is -0.180. The van der Waals surface area contributed by atoms with Gasteiger partial charge in [-0.1, -0.05) is 72.0 Å². The number of benzene rings is 3. The quantitative estimate of drug-likeness (QED) is 0.176. The fourth-order valence-electron chi connectivity index (χ4n) is 3.15. The summed E-state index contributed by atoms with van der Waals surface area (Å²) < 4.78 is 12.9. The second-order valence-electron chi connectivity index (χ2n) is 6.81. The first-order valence-electron chi connectivity index (χ1n) is 9.54. The van der Waals surface area contributed by atoms with Gasteiger partial charge in [0.25, 0.3) is 5.91 Å². The predicted octanol–water partition coefficient (Wildman–Crippen LogP) is 6.94. The molecule has 0 aromatic heterocycles. The van der Waals surface area contributed by atoms with Crippen LogP contribution in [-0.2, 0) is 11.4 Å². The molecule has 8 heteroatoms. The minimum absolute atomic E-state index is 0.180. The van der Waals surface area contributed by atoms with Gasteiger partial charge in [0.05, 0.1) is 21.3 Å². The number of hydrogen-bond donors (Lipinski definition) is 0. The van der Waals surface area contributed by atoms with E-state index in [9.17, 15) is 4.79 Å². The van der Waals surface area contributed by atoms with E-state index in [1.54, 1.807) is 25.3 Å². The third-order valence-electron chi connectivity index (χ3n) is 4.64. The van der Waals surface area contributed by atoms with Crippen LogP contribution < -0.4 is 14.4 Å². The minimum Gasteiger partial charge on any atom is -0.493 e. The molecule has 1 fully saturated rings. The molecule has 4 rings (SSSR count). The molecule has 3 aromatic carbocycles. The van der Waals surface area contributed by atoms with Crippen LogP contribution >= 0.6 is 58.2 Å².